The van der Waals surface area contributed by atoms with Crippen molar-refractivity contribution in [2.75, 3.05) is 12.4 Å². The molecule has 0 aliphatic heterocycles. The lowest BCUT2D eigenvalue weighted by Crippen LogP contribution is -1.99. The number of ether oxygens (including phenoxy) is 1. The summed E-state index contributed by atoms with van der Waals surface area (Å²) in [4.78, 5) is 8.16. The first kappa shape index (κ1) is 15.8. The summed E-state index contributed by atoms with van der Waals surface area (Å²) < 4.78 is 7.15. The number of para-hydroxylation sites is 1. The molecule has 2 heterocycles. The van der Waals surface area contributed by atoms with Gasteiger partial charge in [-0.05, 0) is 12.1 Å². The number of anilines is 2. The maximum atomic E-state index is 9.22. The van der Waals surface area contributed by atoms with Gasteiger partial charge in [-0.1, -0.05) is 17.7 Å². The van der Waals surface area contributed by atoms with Gasteiger partial charge >= 0.3 is 0 Å². The molecule has 0 radical (unpaired) electrons. The Morgan fingerprint density at radius 2 is 2.12 bits per heavy atom. The molecule has 120 valence electrons. The molecule has 0 fully saturated rings. The quantitative estimate of drug-likeness (QED) is 0.734. The molecular formula is C16H13ClN6O. The highest BCUT2D eigenvalue weighted by Gasteiger charge is 2.15. The molecule has 1 N–H and O–H groups in total. The molecule has 3 rings (SSSR count). The topological polar surface area (TPSA) is 88.6 Å². The number of nitrogens with zero attached hydrogens (tertiary/aromatic N) is 5. The van der Waals surface area contributed by atoms with Gasteiger partial charge in [0.2, 0.25) is 0 Å². The molecule has 2 aromatic heterocycles. The largest absolute Gasteiger partial charge is 0.494 e. The molecule has 1 aromatic carbocycles. The number of aryl methyl sites for hydroxylation is 1. The molecule has 8 heteroatoms. The lowest BCUT2D eigenvalue weighted by molar-refractivity contribution is 0.418. The van der Waals surface area contributed by atoms with Crippen LogP contribution < -0.4 is 10.1 Å². The van der Waals surface area contributed by atoms with Gasteiger partial charge in [0.1, 0.15) is 17.5 Å². The maximum Gasteiger partial charge on any atom is 0.184 e. The van der Waals surface area contributed by atoms with Crippen LogP contribution in [0.5, 0.6) is 5.75 Å². The molecule has 0 spiro atoms. The third-order valence-corrected chi connectivity index (χ3v) is 3.53. The summed E-state index contributed by atoms with van der Waals surface area (Å²) in [6.45, 7) is 0. The Bertz CT molecular complexity index is 931. The van der Waals surface area contributed by atoms with Crippen molar-refractivity contribution >= 4 is 23.0 Å². The van der Waals surface area contributed by atoms with Gasteiger partial charge in [-0.15, -0.1) is 0 Å². The number of rotatable bonds is 4. The van der Waals surface area contributed by atoms with E-state index in [1.165, 1.54) is 6.20 Å². The number of halogens is 1. The highest BCUT2D eigenvalue weighted by atomic mass is 35.5. The van der Waals surface area contributed by atoms with E-state index < -0.39 is 0 Å². The molecule has 0 aliphatic rings. The molecule has 0 amide bonds. The van der Waals surface area contributed by atoms with Gasteiger partial charge in [-0.25, -0.2) is 9.97 Å². The van der Waals surface area contributed by atoms with Crippen LogP contribution in [0.15, 0.2) is 36.8 Å². The lowest BCUT2D eigenvalue weighted by Gasteiger charge is -2.14. The molecule has 0 aliphatic carbocycles. The van der Waals surface area contributed by atoms with Crippen LogP contribution in [0.25, 0.3) is 11.4 Å². The Kier molecular flexibility index (Phi) is 4.31. The van der Waals surface area contributed by atoms with Crippen molar-refractivity contribution in [2.45, 2.75) is 0 Å². The highest BCUT2D eigenvalue weighted by Crippen LogP contribution is 2.37. The van der Waals surface area contributed by atoms with E-state index in [0.29, 0.717) is 28.5 Å². The van der Waals surface area contributed by atoms with Crippen LogP contribution in [0.3, 0.4) is 0 Å². The zero-order valence-corrected chi connectivity index (χ0v) is 13.7. The van der Waals surface area contributed by atoms with Crippen molar-refractivity contribution in [3.05, 3.63) is 47.5 Å². The van der Waals surface area contributed by atoms with Crippen LogP contribution in [0, 0.1) is 11.3 Å². The Balaban J connectivity index is 2.07. The van der Waals surface area contributed by atoms with Gasteiger partial charge in [0, 0.05) is 19.3 Å². The Morgan fingerprint density at radius 3 is 2.79 bits per heavy atom. The van der Waals surface area contributed by atoms with E-state index in [-0.39, 0.29) is 5.15 Å². The Labute approximate surface area is 143 Å². The second-order valence-electron chi connectivity index (χ2n) is 4.92. The summed E-state index contributed by atoms with van der Waals surface area (Å²) in [6.07, 6.45) is 3.03. The fourth-order valence-electron chi connectivity index (χ4n) is 2.26. The minimum atomic E-state index is 0.290. The summed E-state index contributed by atoms with van der Waals surface area (Å²) in [5.74, 6) is 1.12. The minimum absolute atomic E-state index is 0.290. The predicted molar refractivity (Wildman–Crippen MR) is 90.2 cm³/mol. The average molecular weight is 341 g/mol. The number of hydrogen-bond acceptors (Lipinski definition) is 6. The first-order valence-electron chi connectivity index (χ1n) is 6.98. The fraction of sp³-hybridized carbons (Fsp3) is 0.125. The molecule has 0 unspecified atom stereocenters. The molecule has 0 saturated heterocycles. The van der Waals surface area contributed by atoms with E-state index >= 15 is 0 Å². The van der Waals surface area contributed by atoms with Crippen LogP contribution >= 0.6 is 11.6 Å². The van der Waals surface area contributed by atoms with Gasteiger partial charge in [-0.3, -0.25) is 4.68 Å². The molecule has 0 bridgehead atoms. The number of nitriles is 1. The highest BCUT2D eigenvalue weighted by molar-refractivity contribution is 6.29. The first-order valence-corrected chi connectivity index (χ1v) is 7.36. The zero-order valence-electron chi connectivity index (χ0n) is 13.0. The van der Waals surface area contributed by atoms with E-state index in [9.17, 15) is 5.26 Å². The van der Waals surface area contributed by atoms with Crippen LogP contribution in [-0.4, -0.2) is 26.9 Å². The summed E-state index contributed by atoms with van der Waals surface area (Å²) in [6, 6.07) is 9.22. The van der Waals surface area contributed by atoms with Crippen LogP contribution in [0.2, 0.25) is 5.15 Å². The number of pyridine rings is 1. The Morgan fingerprint density at radius 1 is 1.29 bits per heavy atom. The monoisotopic (exact) mass is 340 g/mol. The van der Waals surface area contributed by atoms with E-state index in [1.54, 1.807) is 31.2 Å². The van der Waals surface area contributed by atoms with Crippen molar-refractivity contribution in [3.8, 4) is 23.2 Å². The maximum absolute atomic E-state index is 9.22. The minimum Gasteiger partial charge on any atom is -0.494 e. The van der Waals surface area contributed by atoms with E-state index in [0.717, 1.165) is 5.56 Å². The molecule has 0 atom stereocenters. The molecule has 24 heavy (non-hydrogen) atoms. The average Bonchev–Trinajstić information content (AvgIpc) is 3.01. The fourth-order valence-corrected chi connectivity index (χ4v) is 2.42. The van der Waals surface area contributed by atoms with Gasteiger partial charge < -0.3 is 10.1 Å². The first-order chi connectivity index (χ1) is 11.6. The van der Waals surface area contributed by atoms with Gasteiger partial charge in [0.05, 0.1) is 29.6 Å². The van der Waals surface area contributed by atoms with Crippen LogP contribution in [0.4, 0.5) is 11.4 Å². The van der Waals surface area contributed by atoms with Gasteiger partial charge in [0.25, 0.3) is 0 Å². The van der Waals surface area contributed by atoms with E-state index in [1.807, 2.05) is 18.2 Å². The smallest absolute Gasteiger partial charge is 0.184 e. The summed E-state index contributed by atoms with van der Waals surface area (Å²) in [7, 11) is 3.36. The lowest BCUT2D eigenvalue weighted by atomic mass is 10.1. The number of nitrogens with one attached hydrogen (secondary N) is 1. The SMILES string of the molecule is COc1c(Nc2cc(Cl)ncc2C#N)cccc1-c1ncn(C)n1. The predicted octanol–water partition coefficient (Wildman–Crippen LogP) is 3.15. The number of aromatic nitrogens is 4. The van der Waals surface area contributed by atoms with Crippen molar-refractivity contribution < 1.29 is 4.74 Å². The molecule has 0 saturated carbocycles. The van der Waals surface area contributed by atoms with Crippen molar-refractivity contribution in [2.24, 2.45) is 7.05 Å². The van der Waals surface area contributed by atoms with E-state index in [4.69, 9.17) is 16.3 Å². The van der Waals surface area contributed by atoms with Crippen molar-refractivity contribution in [3.63, 3.8) is 0 Å². The summed E-state index contributed by atoms with van der Waals surface area (Å²) in [5, 5.41) is 17.0. The second kappa shape index (κ2) is 6.56. The standard InChI is InChI=1S/C16H13ClN6O/c1-23-9-20-16(22-23)11-4-3-5-12(15(11)24-2)21-13-6-14(17)19-8-10(13)7-18/h3-6,8-9H,1-2H3,(H,19,21). The van der Waals surface area contributed by atoms with Crippen LogP contribution in [0.1, 0.15) is 5.56 Å². The van der Waals surface area contributed by atoms with Crippen molar-refractivity contribution in [1.29, 1.82) is 5.26 Å². The summed E-state index contributed by atoms with van der Waals surface area (Å²) in [5.41, 5.74) is 2.33. The van der Waals surface area contributed by atoms with E-state index in [2.05, 4.69) is 26.5 Å². The van der Waals surface area contributed by atoms with Crippen molar-refractivity contribution in [1.82, 2.24) is 19.7 Å². The Hall–Kier alpha value is -3.11. The van der Waals surface area contributed by atoms with Gasteiger partial charge in [-0.2, -0.15) is 10.4 Å². The third-order valence-electron chi connectivity index (χ3n) is 3.32. The van der Waals surface area contributed by atoms with Gasteiger partial charge in [0.15, 0.2) is 11.6 Å². The van der Waals surface area contributed by atoms with Crippen LogP contribution in [-0.2, 0) is 7.05 Å². The number of methoxy groups -OCH3 is 1. The normalized spacial score (nSPS) is 10.2. The zero-order chi connectivity index (χ0) is 17.1. The molecular weight excluding hydrogens is 328 g/mol. The second-order valence-corrected chi connectivity index (χ2v) is 5.30. The molecule has 3 aromatic rings. The summed E-state index contributed by atoms with van der Waals surface area (Å²) >= 11 is 5.93. The third kappa shape index (κ3) is 3.00. The number of benzene rings is 1. The number of hydrogen-bond donors (Lipinski definition) is 1. The molecule has 7 nitrogen and oxygen atoms in total.